The van der Waals surface area contributed by atoms with Crippen molar-refractivity contribution in [1.82, 2.24) is 5.32 Å². The van der Waals surface area contributed by atoms with E-state index in [9.17, 15) is 30.3 Å². The van der Waals surface area contributed by atoms with Gasteiger partial charge in [0.05, 0.1) is 25.4 Å². The lowest BCUT2D eigenvalue weighted by Gasteiger charge is -2.40. The topological polar surface area (TPSA) is 149 Å². The molecule has 0 bridgehead atoms. The lowest BCUT2D eigenvalue weighted by molar-refractivity contribution is -0.302. The summed E-state index contributed by atoms with van der Waals surface area (Å²) in [6.07, 6.45) is 100. The van der Waals surface area contributed by atoms with Gasteiger partial charge in [0.2, 0.25) is 5.91 Å². The van der Waals surface area contributed by atoms with Crippen molar-refractivity contribution in [3.63, 3.8) is 0 Å². The molecular weight excluding hydrogens is 1170 g/mol. The molecule has 554 valence electrons. The first kappa shape index (κ1) is 90.4. The highest BCUT2D eigenvalue weighted by atomic mass is 16.7. The number of amides is 1. The summed E-state index contributed by atoms with van der Waals surface area (Å²) < 4.78 is 11.3. The SMILES string of the molecule is CC/C=C\C/C=C\C/C=C\C/C=C\C/C=C\CCCCCCCCCCCCCCCCCCCCCCCCCC(=O)NC(COC1OC(CO)C(O)C(O)C1O)C(O)/C=C/CC/C=C/CCCCCCCCCCCCCCCCCCCCCCCCCCCCC. The summed E-state index contributed by atoms with van der Waals surface area (Å²) in [5.74, 6) is -0.180. The van der Waals surface area contributed by atoms with Gasteiger partial charge in [-0.3, -0.25) is 4.79 Å². The average molecular weight is 1330 g/mol. The number of allylic oxidation sites excluding steroid dienone is 13. The molecule has 7 unspecified atom stereocenters. The summed E-state index contributed by atoms with van der Waals surface area (Å²) >= 11 is 0. The number of unbranched alkanes of at least 4 members (excludes halogenated alkanes) is 51. The van der Waals surface area contributed by atoms with Crippen LogP contribution in [0.25, 0.3) is 0 Å². The molecule has 1 amide bonds. The monoisotopic (exact) mass is 1330 g/mol. The van der Waals surface area contributed by atoms with Gasteiger partial charge in [0.15, 0.2) is 6.29 Å². The molecule has 0 aliphatic carbocycles. The summed E-state index contributed by atoms with van der Waals surface area (Å²) in [7, 11) is 0. The zero-order chi connectivity index (χ0) is 68.5. The van der Waals surface area contributed by atoms with Gasteiger partial charge in [-0.1, -0.05) is 401 Å². The number of aliphatic hydroxyl groups excluding tert-OH is 5. The molecule has 0 spiro atoms. The smallest absolute Gasteiger partial charge is 0.220 e. The Morgan fingerprint density at radius 1 is 0.368 bits per heavy atom. The number of rotatable bonds is 73. The van der Waals surface area contributed by atoms with Crippen LogP contribution in [0.15, 0.2) is 85.1 Å². The largest absolute Gasteiger partial charge is 0.394 e. The van der Waals surface area contributed by atoms with Gasteiger partial charge in [0, 0.05) is 6.42 Å². The van der Waals surface area contributed by atoms with Crippen LogP contribution in [0, 0.1) is 0 Å². The van der Waals surface area contributed by atoms with Crippen LogP contribution in [0.5, 0.6) is 0 Å². The minimum absolute atomic E-state index is 0.180. The first-order valence-electron chi connectivity index (χ1n) is 41.3. The molecule has 0 aromatic heterocycles. The second kappa shape index (κ2) is 74.1. The Morgan fingerprint density at radius 2 is 0.663 bits per heavy atom. The number of hydrogen-bond donors (Lipinski definition) is 6. The summed E-state index contributed by atoms with van der Waals surface area (Å²) in [5.41, 5.74) is 0. The van der Waals surface area contributed by atoms with Crippen LogP contribution in [-0.2, 0) is 14.3 Å². The van der Waals surface area contributed by atoms with E-state index in [0.717, 1.165) is 70.6 Å². The Bertz CT molecular complexity index is 1790. The molecule has 0 radical (unpaired) electrons. The van der Waals surface area contributed by atoms with Crippen LogP contribution in [0.1, 0.15) is 399 Å². The molecule has 7 atom stereocenters. The average Bonchev–Trinajstić information content (AvgIpc) is 0.836. The van der Waals surface area contributed by atoms with Crippen molar-refractivity contribution in [2.45, 2.75) is 442 Å². The Labute approximate surface area is 588 Å². The molecule has 1 saturated heterocycles. The van der Waals surface area contributed by atoms with E-state index < -0.39 is 49.5 Å². The van der Waals surface area contributed by atoms with Gasteiger partial charge in [-0.05, 0) is 77.0 Å². The Morgan fingerprint density at radius 3 is 1.01 bits per heavy atom. The molecule has 0 saturated carbocycles. The Balaban J connectivity index is 2.07. The van der Waals surface area contributed by atoms with Gasteiger partial charge in [0.25, 0.3) is 0 Å². The maximum Gasteiger partial charge on any atom is 0.220 e. The fourth-order valence-electron chi connectivity index (χ4n) is 13.1. The van der Waals surface area contributed by atoms with Crippen molar-refractivity contribution in [1.29, 1.82) is 0 Å². The summed E-state index contributed by atoms with van der Waals surface area (Å²) in [6.45, 7) is 3.70. The number of aliphatic hydroxyl groups is 5. The van der Waals surface area contributed by atoms with Crippen molar-refractivity contribution in [3.05, 3.63) is 85.1 Å². The zero-order valence-corrected chi connectivity index (χ0v) is 62.4. The lowest BCUT2D eigenvalue weighted by Crippen LogP contribution is -2.60. The van der Waals surface area contributed by atoms with Crippen molar-refractivity contribution in [3.8, 4) is 0 Å². The second-order valence-corrected chi connectivity index (χ2v) is 28.5. The molecule has 9 nitrogen and oxygen atoms in total. The molecule has 1 aliphatic heterocycles. The number of ether oxygens (including phenoxy) is 2. The van der Waals surface area contributed by atoms with E-state index in [2.05, 4.69) is 92.1 Å². The molecule has 95 heavy (non-hydrogen) atoms. The molecule has 6 N–H and O–H groups in total. The molecule has 1 fully saturated rings. The quantitative estimate of drug-likeness (QED) is 0.0261. The van der Waals surface area contributed by atoms with E-state index in [4.69, 9.17) is 9.47 Å². The third kappa shape index (κ3) is 62.1. The van der Waals surface area contributed by atoms with Gasteiger partial charge in [-0.2, -0.15) is 0 Å². The standard InChI is InChI=1S/C86H157NO8/c1-3-5-7-9-11-13-15-17-19-21-23-25-27-29-31-33-35-37-38-39-40-41-42-44-46-48-50-52-54-56-58-60-62-64-66-68-70-72-74-76-82(90)87-79(78-94-86-85(93)84(92)83(91)81(77-88)95-86)80(89)75-73-71-69-67-65-63-61-59-57-55-53-51-49-47-45-43-36-34-32-30-28-26-24-22-20-18-16-14-12-10-8-6-4-2/h5,7,11,13,17,19,23,25,29,31,65,67,73,75,79-81,83-86,88-89,91-93H,3-4,6,8-10,12,14-16,18,20-22,24,26-28,30,32-64,66,68-72,74,76-78H2,1-2H3,(H,87,90)/b7-5-,13-11-,19-17-,25-23-,31-29-,67-65+,75-73+. The van der Waals surface area contributed by atoms with Crippen LogP contribution in [-0.4, -0.2) is 87.5 Å². The van der Waals surface area contributed by atoms with E-state index in [1.165, 1.54) is 308 Å². The normalized spacial score (nSPS) is 17.9. The van der Waals surface area contributed by atoms with Crippen molar-refractivity contribution >= 4 is 5.91 Å². The first-order valence-corrected chi connectivity index (χ1v) is 41.3. The van der Waals surface area contributed by atoms with Crippen molar-refractivity contribution in [2.24, 2.45) is 0 Å². The second-order valence-electron chi connectivity index (χ2n) is 28.5. The van der Waals surface area contributed by atoms with E-state index in [1.54, 1.807) is 6.08 Å². The first-order chi connectivity index (χ1) is 46.8. The van der Waals surface area contributed by atoms with E-state index in [1.807, 2.05) is 6.08 Å². The van der Waals surface area contributed by atoms with Gasteiger partial charge < -0.3 is 40.3 Å². The highest BCUT2D eigenvalue weighted by Crippen LogP contribution is 2.24. The summed E-state index contributed by atoms with van der Waals surface area (Å²) in [4.78, 5) is 13.2. The van der Waals surface area contributed by atoms with Gasteiger partial charge >= 0.3 is 0 Å². The Hall–Kier alpha value is -2.63. The highest BCUT2D eigenvalue weighted by molar-refractivity contribution is 5.76. The fraction of sp³-hybridized carbons (Fsp3) is 0.826. The van der Waals surface area contributed by atoms with Crippen LogP contribution >= 0.6 is 0 Å². The predicted octanol–water partition coefficient (Wildman–Crippen LogP) is 24.0. The minimum atomic E-state index is -1.58. The van der Waals surface area contributed by atoms with Crippen molar-refractivity contribution in [2.75, 3.05) is 13.2 Å². The summed E-state index contributed by atoms with van der Waals surface area (Å²) in [5, 5.41) is 54.9. The molecule has 0 aromatic rings. The van der Waals surface area contributed by atoms with Gasteiger partial charge in [0.1, 0.15) is 24.4 Å². The Kier molecular flexibility index (Phi) is 70.5. The maximum atomic E-state index is 13.2. The van der Waals surface area contributed by atoms with Crippen LogP contribution < -0.4 is 5.32 Å². The molecule has 1 heterocycles. The molecule has 0 aromatic carbocycles. The fourth-order valence-corrected chi connectivity index (χ4v) is 13.1. The van der Waals surface area contributed by atoms with E-state index >= 15 is 0 Å². The minimum Gasteiger partial charge on any atom is -0.394 e. The van der Waals surface area contributed by atoms with E-state index in [0.29, 0.717) is 6.42 Å². The van der Waals surface area contributed by atoms with Crippen LogP contribution in [0.3, 0.4) is 0 Å². The van der Waals surface area contributed by atoms with Crippen LogP contribution in [0.2, 0.25) is 0 Å². The molecular formula is C86H157NO8. The van der Waals surface area contributed by atoms with E-state index in [-0.39, 0.29) is 12.5 Å². The predicted molar refractivity (Wildman–Crippen MR) is 410 cm³/mol. The molecule has 1 rings (SSSR count). The molecule has 9 heteroatoms. The third-order valence-corrected chi connectivity index (χ3v) is 19.5. The number of carbonyl (C=O) groups excluding carboxylic acids is 1. The van der Waals surface area contributed by atoms with Gasteiger partial charge in [-0.25, -0.2) is 0 Å². The number of hydrogen-bond acceptors (Lipinski definition) is 8. The lowest BCUT2D eigenvalue weighted by atomic mass is 9.99. The van der Waals surface area contributed by atoms with Crippen LogP contribution in [0.4, 0.5) is 0 Å². The number of carbonyl (C=O) groups is 1. The maximum absolute atomic E-state index is 13.2. The van der Waals surface area contributed by atoms with Gasteiger partial charge in [-0.15, -0.1) is 0 Å². The zero-order valence-electron chi connectivity index (χ0n) is 62.4. The molecule has 1 aliphatic rings. The third-order valence-electron chi connectivity index (χ3n) is 19.5. The highest BCUT2D eigenvalue weighted by Gasteiger charge is 2.44. The van der Waals surface area contributed by atoms with Crippen molar-refractivity contribution < 1.29 is 39.8 Å². The summed E-state index contributed by atoms with van der Waals surface area (Å²) in [6, 6.07) is -0.826. The number of nitrogens with one attached hydrogen (secondary N) is 1.